The molecule has 0 saturated carbocycles. The number of hydrogen-bond donors (Lipinski definition) is 1. The maximum atomic E-state index is 5.53. The zero-order valence-corrected chi connectivity index (χ0v) is 9.48. The van der Waals surface area contributed by atoms with Gasteiger partial charge in [-0.1, -0.05) is 6.07 Å². The van der Waals surface area contributed by atoms with Gasteiger partial charge in [-0.2, -0.15) is 0 Å². The van der Waals surface area contributed by atoms with Gasteiger partial charge in [0.1, 0.15) is 5.75 Å². The average molecular weight is 193 g/mol. The van der Waals surface area contributed by atoms with Crippen LogP contribution in [-0.4, -0.2) is 13.7 Å². The summed E-state index contributed by atoms with van der Waals surface area (Å²) in [6.07, 6.45) is 0. The molecule has 0 amide bonds. The first kappa shape index (κ1) is 11.1. The molecule has 0 aliphatic rings. The van der Waals surface area contributed by atoms with Crippen molar-refractivity contribution >= 4 is 0 Å². The first-order valence-electron chi connectivity index (χ1n) is 5.07. The van der Waals surface area contributed by atoms with Crippen molar-refractivity contribution in [3.05, 3.63) is 28.8 Å². The Hall–Kier alpha value is -1.02. The van der Waals surface area contributed by atoms with Crippen molar-refractivity contribution in [3.8, 4) is 5.75 Å². The summed E-state index contributed by atoms with van der Waals surface area (Å²) in [4.78, 5) is 0. The van der Waals surface area contributed by atoms with Gasteiger partial charge in [0.25, 0.3) is 0 Å². The van der Waals surface area contributed by atoms with Crippen LogP contribution in [0.2, 0.25) is 0 Å². The van der Waals surface area contributed by atoms with E-state index in [2.05, 4.69) is 31.3 Å². The van der Waals surface area contributed by atoms with Gasteiger partial charge in [-0.3, -0.25) is 0 Å². The molecule has 0 aromatic heterocycles. The van der Waals surface area contributed by atoms with E-state index in [1.165, 1.54) is 16.7 Å². The molecular formula is C12H19NO. The minimum Gasteiger partial charge on any atom is -0.494 e. The third kappa shape index (κ3) is 2.26. The van der Waals surface area contributed by atoms with Crippen LogP contribution in [0, 0.1) is 13.8 Å². The van der Waals surface area contributed by atoms with Gasteiger partial charge in [0.15, 0.2) is 0 Å². The quantitative estimate of drug-likeness (QED) is 0.793. The summed E-state index contributed by atoms with van der Waals surface area (Å²) in [5.74, 6) is 1.00. The number of hydrogen-bond acceptors (Lipinski definition) is 2. The Bertz CT molecular complexity index is 276. The molecule has 0 radical (unpaired) electrons. The van der Waals surface area contributed by atoms with Crippen molar-refractivity contribution in [2.24, 2.45) is 0 Å². The van der Waals surface area contributed by atoms with Gasteiger partial charge in [-0.25, -0.2) is 0 Å². The van der Waals surface area contributed by atoms with Gasteiger partial charge in [0.05, 0.1) is 6.61 Å². The molecule has 2 heteroatoms. The van der Waals surface area contributed by atoms with Crippen LogP contribution in [0.3, 0.4) is 0 Å². The average Bonchev–Trinajstić information content (AvgIpc) is 2.18. The summed E-state index contributed by atoms with van der Waals surface area (Å²) in [6, 6.07) is 4.18. The van der Waals surface area contributed by atoms with Crippen LogP contribution in [0.1, 0.15) is 23.6 Å². The van der Waals surface area contributed by atoms with Crippen molar-refractivity contribution in [2.45, 2.75) is 27.3 Å². The zero-order chi connectivity index (χ0) is 10.6. The normalized spacial score (nSPS) is 10.3. The first-order chi connectivity index (χ1) is 6.70. The molecule has 0 heterocycles. The largest absolute Gasteiger partial charge is 0.494 e. The Kier molecular flexibility index (Phi) is 3.96. The smallest absolute Gasteiger partial charge is 0.122 e. The third-order valence-corrected chi connectivity index (χ3v) is 2.52. The second-order valence-corrected chi connectivity index (χ2v) is 3.44. The number of rotatable bonds is 4. The van der Waals surface area contributed by atoms with E-state index < -0.39 is 0 Å². The summed E-state index contributed by atoms with van der Waals surface area (Å²) >= 11 is 0. The molecule has 2 nitrogen and oxygen atoms in total. The molecule has 0 fully saturated rings. The van der Waals surface area contributed by atoms with E-state index in [4.69, 9.17) is 4.74 Å². The fraction of sp³-hybridized carbons (Fsp3) is 0.500. The Labute approximate surface area is 86.3 Å². The van der Waals surface area contributed by atoms with Crippen LogP contribution in [0.15, 0.2) is 12.1 Å². The van der Waals surface area contributed by atoms with Gasteiger partial charge in [0.2, 0.25) is 0 Å². The maximum absolute atomic E-state index is 5.53. The van der Waals surface area contributed by atoms with Gasteiger partial charge < -0.3 is 10.1 Å². The van der Waals surface area contributed by atoms with Crippen LogP contribution in [0.4, 0.5) is 0 Å². The summed E-state index contributed by atoms with van der Waals surface area (Å²) in [7, 11) is 1.96. The van der Waals surface area contributed by atoms with Crippen molar-refractivity contribution in [2.75, 3.05) is 13.7 Å². The molecule has 0 saturated heterocycles. The molecular weight excluding hydrogens is 174 g/mol. The van der Waals surface area contributed by atoms with Gasteiger partial charge in [-0.05, 0) is 50.6 Å². The molecule has 0 aliphatic carbocycles. The summed E-state index contributed by atoms with van der Waals surface area (Å²) in [5, 5.41) is 3.16. The molecule has 14 heavy (non-hydrogen) atoms. The predicted octanol–water partition coefficient (Wildman–Crippen LogP) is 2.42. The maximum Gasteiger partial charge on any atom is 0.122 e. The highest BCUT2D eigenvalue weighted by molar-refractivity contribution is 5.43. The standard InChI is InChI=1S/C12H19NO/c1-5-14-12-7-6-11(8-13-4)9(2)10(12)3/h6-7,13H,5,8H2,1-4H3. The van der Waals surface area contributed by atoms with Crippen LogP contribution in [0.25, 0.3) is 0 Å². The highest BCUT2D eigenvalue weighted by atomic mass is 16.5. The van der Waals surface area contributed by atoms with E-state index >= 15 is 0 Å². The molecule has 0 bridgehead atoms. The fourth-order valence-corrected chi connectivity index (χ4v) is 1.55. The van der Waals surface area contributed by atoms with E-state index in [0.29, 0.717) is 0 Å². The highest BCUT2D eigenvalue weighted by Gasteiger charge is 2.05. The summed E-state index contributed by atoms with van der Waals surface area (Å²) < 4.78 is 5.53. The van der Waals surface area contributed by atoms with Gasteiger partial charge >= 0.3 is 0 Å². The van der Waals surface area contributed by atoms with Crippen molar-refractivity contribution in [1.82, 2.24) is 5.32 Å². The third-order valence-electron chi connectivity index (χ3n) is 2.52. The lowest BCUT2D eigenvalue weighted by atomic mass is 10.0. The van der Waals surface area contributed by atoms with Crippen LogP contribution < -0.4 is 10.1 Å². The minimum atomic E-state index is 0.728. The fourth-order valence-electron chi connectivity index (χ4n) is 1.55. The van der Waals surface area contributed by atoms with E-state index in [1.807, 2.05) is 14.0 Å². The Morgan fingerprint density at radius 1 is 1.21 bits per heavy atom. The van der Waals surface area contributed by atoms with Crippen LogP contribution >= 0.6 is 0 Å². The van der Waals surface area contributed by atoms with E-state index in [9.17, 15) is 0 Å². The lowest BCUT2D eigenvalue weighted by molar-refractivity contribution is 0.337. The number of nitrogens with one attached hydrogen (secondary N) is 1. The molecule has 0 aliphatic heterocycles. The summed E-state index contributed by atoms with van der Waals surface area (Å²) in [5.41, 5.74) is 3.92. The van der Waals surface area contributed by atoms with Gasteiger partial charge in [-0.15, -0.1) is 0 Å². The molecule has 1 aromatic carbocycles. The van der Waals surface area contributed by atoms with Crippen molar-refractivity contribution in [1.29, 1.82) is 0 Å². The van der Waals surface area contributed by atoms with Gasteiger partial charge in [0, 0.05) is 6.54 Å². The minimum absolute atomic E-state index is 0.728. The second-order valence-electron chi connectivity index (χ2n) is 3.44. The lowest BCUT2D eigenvalue weighted by Crippen LogP contribution is -2.08. The Morgan fingerprint density at radius 2 is 1.93 bits per heavy atom. The monoisotopic (exact) mass is 193 g/mol. The molecule has 1 rings (SSSR count). The van der Waals surface area contributed by atoms with Crippen molar-refractivity contribution < 1.29 is 4.74 Å². The lowest BCUT2D eigenvalue weighted by Gasteiger charge is -2.13. The van der Waals surface area contributed by atoms with E-state index in [1.54, 1.807) is 0 Å². The predicted molar refractivity (Wildman–Crippen MR) is 59.8 cm³/mol. The SMILES string of the molecule is CCOc1ccc(CNC)c(C)c1C. The van der Waals surface area contributed by atoms with Crippen LogP contribution in [-0.2, 0) is 6.54 Å². The Balaban J connectivity index is 2.99. The molecule has 0 atom stereocenters. The zero-order valence-electron chi connectivity index (χ0n) is 9.48. The Morgan fingerprint density at radius 3 is 2.50 bits per heavy atom. The van der Waals surface area contributed by atoms with Crippen LogP contribution in [0.5, 0.6) is 5.75 Å². The van der Waals surface area contributed by atoms with E-state index in [0.717, 1.165) is 18.9 Å². The van der Waals surface area contributed by atoms with E-state index in [-0.39, 0.29) is 0 Å². The number of ether oxygens (including phenoxy) is 1. The number of benzene rings is 1. The molecule has 0 unspecified atom stereocenters. The topological polar surface area (TPSA) is 21.3 Å². The highest BCUT2D eigenvalue weighted by Crippen LogP contribution is 2.24. The molecule has 1 N–H and O–H groups in total. The molecule has 0 spiro atoms. The summed E-state index contributed by atoms with van der Waals surface area (Å²) in [6.45, 7) is 7.91. The van der Waals surface area contributed by atoms with Crippen molar-refractivity contribution in [3.63, 3.8) is 0 Å². The second kappa shape index (κ2) is 5.01. The molecule has 78 valence electrons. The molecule has 1 aromatic rings. The first-order valence-corrected chi connectivity index (χ1v) is 5.07.